The van der Waals surface area contributed by atoms with Gasteiger partial charge in [0.25, 0.3) is 0 Å². The summed E-state index contributed by atoms with van der Waals surface area (Å²) in [7, 11) is -1.43. The lowest BCUT2D eigenvalue weighted by Crippen LogP contribution is -2.45. The molecule has 1 aromatic carbocycles. The van der Waals surface area contributed by atoms with Gasteiger partial charge in [0.05, 0.1) is 25.7 Å². The van der Waals surface area contributed by atoms with Crippen molar-refractivity contribution in [1.82, 2.24) is 19.4 Å². The predicted molar refractivity (Wildman–Crippen MR) is 166 cm³/mol. The summed E-state index contributed by atoms with van der Waals surface area (Å²) in [5.41, 5.74) is 10.3. The molecule has 1 fully saturated rings. The molecule has 0 bridgehead atoms. The molecule has 3 aromatic heterocycles. The number of halogens is 1. The van der Waals surface area contributed by atoms with Crippen LogP contribution in [-0.2, 0) is 17.4 Å². The Hall–Kier alpha value is -3.10. The molecule has 1 aliphatic carbocycles. The van der Waals surface area contributed by atoms with Crippen LogP contribution in [0.5, 0.6) is 0 Å². The van der Waals surface area contributed by atoms with E-state index in [1.807, 2.05) is 42.8 Å². The fraction of sp³-hybridized carbons (Fsp3) is 0.367. The number of imidazole rings is 1. The average molecular weight is 606 g/mol. The topological polar surface area (TPSA) is 115 Å². The number of benzene rings is 1. The van der Waals surface area contributed by atoms with Crippen LogP contribution in [0.2, 0.25) is 5.02 Å². The lowest BCUT2D eigenvalue weighted by Gasteiger charge is -2.45. The average Bonchev–Trinajstić information content (AvgIpc) is 3.55. The van der Waals surface area contributed by atoms with Crippen LogP contribution >= 0.6 is 23.4 Å². The molecule has 6 rings (SSSR count). The number of nitrogens with zero attached hydrogens (tertiary/aromatic N) is 5. The van der Waals surface area contributed by atoms with Gasteiger partial charge >= 0.3 is 0 Å². The van der Waals surface area contributed by atoms with Crippen molar-refractivity contribution >= 4 is 51.8 Å². The van der Waals surface area contributed by atoms with Gasteiger partial charge in [-0.25, -0.2) is 19.2 Å². The van der Waals surface area contributed by atoms with E-state index < -0.39 is 15.7 Å². The van der Waals surface area contributed by atoms with Crippen molar-refractivity contribution < 1.29 is 4.21 Å². The third kappa shape index (κ3) is 4.99. The van der Waals surface area contributed by atoms with E-state index >= 15 is 0 Å². The molecule has 2 atom stereocenters. The van der Waals surface area contributed by atoms with Crippen molar-refractivity contribution in [1.29, 1.82) is 0 Å². The molecule has 4 N–H and O–H groups in total. The Labute approximate surface area is 251 Å². The molecule has 4 heterocycles. The zero-order chi connectivity index (χ0) is 28.9. The standard InChI is InChI=1S/C30H32ClN7OS2/c1-4-19-5-6-21-20(15-19)16-30(22(21)17-29(2,3)41(33)39)8-12-37(13-9-30)28-36-18-24(27-35-11-14-38(27)28)40-23-7-10-34-26(32)25(23)31/h1,5-7,10-11,14-15,18,22H,8-9,12-13,16-17,33H2,2-3H3,(H2,32,34)/t22-,41?/m1/s1. The van der Waals surface area contributed by atoms with Crippen molar-refractivity contribution in [2.24, 2.45) is 10.6 Å². The number of hydrogen-bond acceptors (Lipinski definition) is 7. The van der Waals surface area contributed by atoms with Gasteiger partial charge < -0.3 is 10.6 Å². The van der Waals surface area contributed by atoms with E-state index in [4.69, 9.17) is 33.9 Å². The van der Waals surface area contributed by atoms with Gasteiger partial charge in [-0.2, -0.15) is 0 Å². The second-order valence-electron chi connectivity index (χ2n) is 11.6. The van der Waals surface area contributed by atoms with Gasteiger partial charge in [-0.15, -0.1) is 6.42 Å². The van der Waals surface area contributed by atoms with Crippen molar-refractivity contribution in [2.45, 2.75) is 60.0 Å². The highest BCUT2D eigenvalue weighted by Gasteiger charge is 2.50. The van der Waals surface area contributed by atoms with Gasteiger partial charge in [0.1, 0.15) is 5.82 Å². The van der Waals surface area contributed by atoms with E-state index in [-0.39, 0.29) is 11.3 Å². The van der Waals surface area contributed by atoms with E-state index in [1.54, 1.807) is 12.4 Å². The quantitative estimate of drug-likeness (QED) is 0.290. The molecule has 11 heteroatoms. The normalized spacial score (nSPS) is 18.9. The number of fused-ring (bicyclic) bond motifs is 2. The maximum Gasteiger partial charge on any atom is 0.211 e. The Bertz CT molecular complexity index is 1700. The molecule has 0 radical (unpaired) electrons. The maximum atomic E-state index is 12.5. The Kier molecular flexibility index (Phi) is 7.27. The van der Waals surface area contributed by atoms with Crippen molar-refractivity contribution in [3.8, 4) is 12.3 Å². The van der Waals surface area contributed by atoms with E-state index in [2.05, 4.69) is 32.9 Å². The monoisotopic (exact) mass is 605 g/mol. The zero-order valence-electron chi connectivity index (χ0n) is 23.0. The first-order valence-electron chi connectivity index (χ1n) is 13.5. The van der Waals surface area contributed by atoms with Crippen LogP contribution in [0.1, 0.15) is 55.7 Å². The van der Waals surface area contributed by atoms with E-state index in [9.17, 15) is 4.21 Å². The molecule has 212 valence electrons. The van der Waals surface area contributed by atoms with Crippen LogP contribution in [0.3, 0.4) is 0 Å². The van der Waals surface area contributed by atoms with Gasteiger partial charge in [0.15, 0.2) is 5.65 Å². The molecule has 1 saturated heterocycles. The molecule has 2 aliphatic rings. The van der Waals surface area contributed by atoms with Crippen LogP contribution in [0.15, 0.2) is 58.8 Å². The lowest BCUT2D eigenvalue weighted by molar-refractivity contribution is 0.170. The summed E-state index contributed by atoms with van der Waals surface area (Å²) < 4.78 is 14.0. The minimum atomic E-state index is -1.43. The fourth-order valence-corrected chi connectivity index (χ4v) is 7.89. The number of piperidine rings is 1. The third-order valence-corrected chi connectivity index (χ3v) is 11.6. The number of terminal acetylenes is 1. The Morgan fingerprint density at radius 1 is 1.20 bits per heavy atom. The summed E-state index contributed by atoms with van der Waals surface area (Å²) in [6.07, 6.45) is 16.6. The first-order valence-corrected chi connectivity index (χ1v) is 15.9. The number of pyridine rings is 1. The van der Waals surface area contributed by atoms with Gasteiger partial charge in [-0.3, -0.25) is 9.54 Å². The highest BCUT2D eigenvalue weighted by molar-refractivity contribution is 7.99. The largest absolute Gasteiger partial charge is 0.382 e. The van der Waals surface area contributed by atoms with Crippen LogP contribution in [0.4, 0.5) is 11.8 Å². The first-order chi connectivity index (χ1) is 19.6. The fourth-order valence-electron chi connectivity index (χ4n) is 6.43. The molecule has 0 amide bonds. The Morgan fingerprint density at radius 2 is 1.98 bits per heavy atom. The second-order valence-corrected chi connectivity index (χ2v) is 14.7. The number of anilines is 2. The van der Waals surface area contributed by atoms with E-state index in [0.717, 1.165) is 65.7 Å². The Balaban J connectivity index is 1.28. The molecule has 4 aromatic rings. The Morgan fingerprint density at radius 3 is 2.71 bits per heavy atom. The van der Waals surface area contributed by atoms with E-state index in [0.29, 0.717) is 10.8 Å². The highest BCUT2D eigenvalue weighted by Crippen LogP contribution is 2.56. The molecular formula is C30H32ClN7OS2. The number of nitrogen functional groups attached to an aromatic ring is 1. The summed E-state index contributed by atoms with van der Waals surface area (Å²) >= 11 is 7.87. The van der Waals surface area contributed by atoms with Gasteiger partial charge in [-0.05, 0) is 80.2 Å². The molecule has 8 nitrogen and oxygen atoms in total. The molecular weight excluding hydrogens is 574 g/mol. The molecule has 0 saturated carbocycles. The number of aromatic nitrogens is 4. The van der Waals surface area contributed by atoms with Crippen LogP contribution < -0.4 is 15.8 Å². The zero-order valence-corrected chi connectivity index (χ0v) is 25.4. The van der Waals surface area contributed by atoms with Crippen molar-refractivity contribution in [3.63, 3.8) is 0 Å². The van der Waals surface area contributed by atoms with E-state index in [1.165, 1.54) is 22.9 Å². The minimum absolute atomic E-state index is 0.0462. The maximum absolute atomic E-state index is 12.5. The number of rotatable bonds is 6. The third-order valence-electron chi connectivity index (χ3n) is 8.72. The summed E-state index contributed by atoms with van der Waals surface area (Å²) in [6.45, 7) is 5.70. The van der Waals surface area contributed by atoms with Crippen molar-refractivity contribution in [3.05, 3.63) is 70.8 Å². The molecule has 1 aliphatic heterocycles. The number of nitrogens with two attached hydrogens (primary N) is 2. The van der Waals surface area contributed by atoms with Crippen LogP contribution in [0, 0.1) is 17.8 Å². The SMILES string of the molecule is C#Cc1ccc2c(c1)CC1(CCN(c3ncc(Sc4ccnc(N)c4Cl)c4nccn34)CC1)[C@@H]2CC(C)(C)S(N)=O. The molecule has 1 unspecified atom stereocenters. The number of hydrogen-bond donors (Lipinski definition) is 2. The summed E-state index contributed by atoms with van der Waals surface area (Å²) in [5.74, 6) is 4.20. The van der Waals surface area contributed by atoms with Crippen LogP contribution in [-0.4, -0.2) is 41.4 Å². The minimum Gasteiger partial charge on any atom is -0.382 e. The molecule has 1 spiro atoms. The first kappa shape index (κ1) is 28.0. The van der Waals surface area contributed by atoms with Gasteiger partial charge in [0.2, 0.25) is 5.95 Å². The van der Waals surface area contributed by atoms with Gasteiger partial charge in [0, 0.05) is 48.3 Å². The summed E-state index contributed by atoms with van der Waals surface area (Å²) in [6, 6.07) is 8.21. The van der Waals surface area contributed by atoms with Crippen LogP contribution in [0.25, 0.3) is 5.65 Å². The summed E-state index contributed by atoms with van der Waals surface area (Å²) in [4.78, 5) is 17.6. The highest BCUT2D eigenvalue weighted by atomic mass is 35.5. The van der Waals surface area contributed by atoms with Gasteiger partial charge in [-0.1, -0.05) is 35.3 Å². The lowest BCUT2D eigenvalue weighted by atomic mass is 9.67. The summed E-state index contributed by atoms with van der Waals surface area (Å²) in [5, 5.41) is 6.38. The second kappa shape index (κ2) is 10.6. The smallest absolute Gasteiger partial charge is 0.211 e. The predicted octanol–water partition coefficient (Wildman–Crippen LogP) is 5.21. The molecule has 41 heavy (non-hydrogen) atoms. The van der Waals surface area contributed by atoms with Crippen molar-refractivity contribution in [2.75, 3.05) is 23.7 Å².